The highest BCUT2D eigenvalue weighted by Crippen LogP contribution is 2.27. The number of hydrogen-bond acceptors (Lipinski definition) is 4. The van der Waals surface area contributed by atoms with Crippen molar-refractivity contribution >= 4 is 5.52 Å². The summed E-state index contributed by atoms with van der Waals surface area (Å²) in [5.41, 5.74) is 8.03. The van der Waals surface area contributed by atoms with Crippen molar-refractivity contribution in [3.63, 3.8) is 0 Å². The maximum absolute atomic E-state index is 14.1. The molecule has 20 heavy (non-hydrogen) atoms. The summed E-state index contributed by atoms with van der Waals surface area (Å²) < 4.78 is 20.7. The lowest BCUT2D eigenvalue weighted by Gasteiger charge is -2.12. The average molecular weight is 272 g/mol. The Labute approximate surface area is 114 Å². The highest BCUT2D eigenvalue weighted by atomic mass is 19.1. The molecule has 0 saturated heterocycles. The monoisotopic (exact) mass is 272 g/mol. The molecule has 0 spiro atoms. The summed E-state index contributed by atoms with van der Waals surface area (Å²) >= 11 is 0. The Kier molecular flexibility index (Phi) is 3.08. The van der Waals surface area contributed by atoms with Crippen LogP contribution in [0.1, 0.15) is 17.2 Å². The number of nitrogens with zero attached hydrogens (tertiary/aromatic N) is 3. The molecular formula is C14H13FN4O. The Morgan fingerprint density at radius 3 is 2.90 bits per heavy atom. The van der Waals surface area contributed by atoms with Gasteiger partial charge >= 0.3 is 0 Å². The summed E-state index contributed by atoms with van der Waals surface area (Å²) in [6.07, 6.45) is 6.63. The highest BCUT2D eigenvalue weighted by molar-refractivity contribution is 5.55. The first-order valence-electron chi connectivity index (χ1n) is 6.07. The molecule has 3 aromatic rings. The largest absolute Gasteiger partial charge is 0.497 e. The fourth-order valence-corrected chi connectivity index (χ4v) is 2.15. The zero-order valence-electron chi connectivity index (χ0n) is 10.8. The van der Waals surface area contributed by atoms with E-state index in [4.69, 9.17) is 10.5 Å². The van der Waals surface area contributed by atoms with Gasteiger partial charge in [0, 0.05) is 29.6 Å². The standard InChI is InChI=1S/C14H13FN4O/c1-20-9-2-3-10(12(15)6-9)14(16)11-7-18-19-5-4-17-8-13(11)19/h2-8,14H,16H2,1H3. The number of benzene rings is 1. The summed E-state index contributed by atoms with van der Waals surface area (Å²) in [7, 11) is 1.49. The van der Waals surface area contributed by atoms with Gasteiger partial charge in [0.25, 0.3) is 0 Å². The molecule has 1 unspecified atom stereocenters. The van der Waals surface area contributed by atoms with Gasteiger partial charge in [0.1, 0.15) is 11.6 Å². The highest BCUT2D eigenvalue weighted by Gasteiger charge is 2.18. The lowest BCUT2D eigenvalue weighted by molar-refractivity contribution is 0.410. The Morgan fingerprint density at radius 2 is 2.15 bits per heavy atom. The van der Waals surface area contributed by atoms with Crippen LogP contribution >= 0.6 is 0 Å². The van der Waals surface area contributed by atoms with Crippen LogP contribution in [-0.2, 0) is 0 Å². The number of halogens is 1. The molecule has 0 aliphatic heterocycles. The van der Waals surface area contributed by atoms with E-state index in [-0.39, 0.29) is 0 Å². The van der Waals surface area contributed by atoms with Crippen molar-refractivity contribution in [2.75, 3.05) is 7.11 Å². The first-order chi connectivity index (χ1) is 9.70. The molecule has 0 amide bonds. The summed E-state index contributed by atoms with van der Waals surface area (Å²) in [6.45, 7) is 0. The van der Waals surface area contributed by atoms with Gasteiger partial charge in [-0.1, -0.05) is 6.07 Å². The van der Waals surface area contributed by atoms with Crippen LogP contribution in [0.25, 0.3) is 5.52 Å². The number of fused-ring (bicyclic) bond motifs is 1. The van der Waals surface area contributed by atoms with Crippen molar-refractivity contribution in [2.45, 2.75) is 6.04 Å². The zero-order valence-corrected chi connectivity index (χ0v) is 10.8. The van der Waals surface area contributed by atoms with Crippen molar-refractivity contribution in [3.8, 4) is 5.75 Å². The minimum Gasteiger partial charge on any atom is -0.497 e. The van der Waals surface area contributed by atoms with E-state index in [0.717, 1.165) is 11.1 Å². The van der Waals surface area contributed by atoms with Gasteiger partial charge in [-0.05, 0) is 6.07 Å². The second-order valence-corrected chi connectivity index (χ2v) is 4.37. The van der Waals surface area contributed by atoms with Crippen LogP contribution in [0.5, 0.6) is 5.75 Å². The predicted octanol–water partition coefficient (Wildman–Crippen LogP) is 1.93. The van der Waals surface area contributed by atoms with Crippen LogP contribution in [-0.4, -0.2) is 21.7 Å². The van der Waals surface area contributed by atoms with Crippen molar-refractivity contribution in [2.24, 2.45) is 5.73 Å². The van der Waals surface area contributed by atoms with Crippen molar-refractivity contribution < 1.29 is 9.13 Å². The second kappa shape index (κ2) is 4.90. The molecule has 2 heterocycles. The Morgan fingerprint density at radius 1 is 1.30 bits per heavy atom. The van der Waals surface area contributed by atoms with E-state index in [1.807, 2.05) is 0 Å². The smallest absolute Gasteiger partial charge is 0.132 e. The molecule has 6 heteroatoms. The molecule has 0 radical (unpaired) electrons. The number of hydrogen-bond donors (Lipinski definition) is 1. The molecule has 0 fully saturated rings. The van der Waals surface area contributed by atoms with Gasteiger partial charge in [-0.25, -0.2) is 8.91 Å². The third-order valence-electron chi connectivity index (χ3n) is 3.23. The van der Waals surface area contributed by atoms with E-state index < -0.39 is 11.9 Å². The molecule has 1 aromatic carbocycles. The fraction of sp³-hybridized carbons (Fsp3) is 0.143. The Hall–Kier alpha value is -2.47. The van der Waals surface area contributed by atoms with E-state index in [1.54, 1.807) is 41.4 Å². The van der Waals surface area contributed by atoms with Gasteiger partial charge in [-0.15, -0.1) is 0 Å². The van der Waals surface area contributed by atoms with Gasteiger partial charge < -0.3 is 10.5 Å². The number of methoxy groups -OCH3 is 1. The molecular weight excluding hydrogens is 259 g/mol. The molecule has 0 aliphatic carbocycles. The molecule has 0 saturated carbocycles. The van der Waals surface area contributed by atoms with Crippen LogP contribution in [0.4, 0.5) is 4.39 Å². The Balaban J connectivity index is 2.06. The van der Waals surface area contributed by atoms with Gasteiger partial charge in [-0.2, -0.15) is 5.10 Å². The maximum atomic E-state index is 14.1. The quantitative estimate of drug-likeness (QED) is 0.791. The average Bonchev–Trinajstić information content (AvgIpc) is 2.90. The molecule has 0 aliphatic rings. The topological polar surface area (TPSA) is 65.4 Å². The van der Waals surface area contributed by atoms with Gasteiger partial charge in [0.05, 0.1) is 31.1 Å². The summed E-state index contributed by atoms with van der Waals surface area (Å²) in [5, 5.41) is 4.18. The number of rotatable bonds is 3. The third kappa shape index (κ3) is 2.00. The van der Waals surface area contributed by atoms with Crippen LogP contribution in [0.3, 0.4) is 0 Å². The van der Waals surface area contributed by atoms with E-state index >= 15 is 0 Å². The third-order valence-corrected chi connectivity index (χ3v) is 3.23. The minimum atomic E-state index is -0.609. The molecule has 2 N–H and O–H groups in total. The predicted molar refractivity (Wildman–Crippen MR) is 72.0 cm³/mol. The number of ether oxygens (including phenoxy) is 1. The molecule has 102 valence electrons. The molecule has 0 bridgehead atoms. The lowest BCUT2D eigenvalue weighted by atomic mass is 10.0. The van der Waals surface area contributed by atoms with Crippen molar-refractivity contribution in [3.05, 3.63) is 59.9 Å². The van der Waals surface area contributed by atoms with E-state index in [9.17, 15) is 4.39 Å². The number of aromatic nitrogens is 3. The van der Waals surface area contributed by atoms with E-state index in [0.29, 0.717) is 11.3 Å². The van der Waals surface area contributed by atoms with Crippen molar-refractivity contribution in [1.82, 2.24) is 14.6 Å². The van der Waals surface area contributed by atoms with Gasteiger partial charge in [0.2, 0.25) is 0 Å². The van der Waals surface area contributed by atoms with Crippen LogP contribution < -0.4 is 10.5 Å². The second-order valence-electron chi connectivity index (χ2n) is 4.37. The lowest BCUT2D eigenvalue weighted by Crippen LogP contribution is -2.13. The molecule has 3 rings (SSSR count). The van der Waals surface area contributed by atoms with E-state index in [1.165, 1.54) is 13.2 Å². The first-order valence-corrected chi connectivity index (χ1v) is 6.07. The van der Waals surface area contributed by atoms with Gasteiger partial charge in [0.15, 0.2) is 0 Å². The van der Waals surface area contributed by atoms with Gasteiger partial charge in [-0.3, -0.25) is 4.98 Å². The zero-order chi connectivity index (χ0) is 14.1. The SMILES string of the molecule is COc1ccc(C(N)c2cnn3ccncc23)c(F)c1. The van der Waals surface area contributed by atoms with Crippen LogP contribution in [0.15, 0.2) is 43.0 Å². The number of nitrogens with two attached hydrogens (primary N) is 1. The fourth-order valence-electron chi connectivity index (χ4n) is 2.15. The maximum Gasteiger partial charge on any atom is 0.132 e. The molecule has 2 aromatic heterocycles. The Bertz CT molecular complexity index is 756. The summed E-state index contributed by atoms with van der Waals surface area (Å²) in [6, 6.07) is 4.02. The van der Waals surface area contributed by atoms with Crippen LogP contribution in [0.2, 0.25) is 0 Å². The minimum absolute atomic E-state index is 0.393. The molecule has 5 nitrogen and oxygen atoms in total. The summed E-state index contributed by atoms with van der Waals surface area (Å²) in [5.74, 6) is 0.0556. The molecule has 1 atom stereocenters. The van der Waals surface area contributed by atoms with E-state index in [2.05, 4.69) is 10.1 Å². The summed E-state index contributed by atoms with van der Waals surface area (Å²) in [4.78, 5) is 4.04. The van der Waals surface area contributed by atoms with Crippen LogP contribution in [0, 0.1) is 5.82 Å². The van der Waals surface area contributed by atoms with Crippen molar-refractivity contribution in [1.29, 1.82) is 0 Å². The normalized spacial score (nSPS) is 12.6. The first kappa shape index (κ1) is 12.6.